The van der Waals surface area contributed by atoms with E-state index < -0.39 is 12.0 Å². The molecule has 0 heterocycles. The molecule has 0 aliphatic heterocycles. The van der Waals surface area contributed by atoms with Gasteiger partial charge < -0.3 is 0 Å². The fraction of sp³-hybridized carbons (Fsp3) is 0.111. The van der Waals surface area contributed by atoms with Gasteiger partial charge in [-0.1, -0.05) is 28.1 Å². The van der Waals surface area contributed by atoms with Crippen molar-refractivity contribution in [1.29, 1.82) is 0 Å². The van der Waals surface area contributed by atoms with Gasteiger partial charge in [-0.2, -0.15) is 0 Å². The highest BCUT2D eigenvalue weighted by molar-refractivity contribution is 9.10. The van der Waals surface area contributed by atoms with Crippen LogP contribution >= 0.6 is 15.9 Å². The predicted octanol–water partition coefficient (Wildman–Crippen LogP) is 4.02. The first-order valence-electron chi connectivity index (χ1n) is 3.49. The number of hydrogen-bond donors (Lipinski definition) is 0. The van der Waals surface area contributed by atoms with Crippen molar-refractivity contribution in [3.8, 4) is 0 Å². The van der Waals surface area contributed by atoms with Crippen molar-refractivity contribution in [3.05, 3.63) is 40.6 Å². The van der Waals surface area contributed by atoms with E-state index in [9.17, 15) is 13.2 Å². The van der Waals surface area contributed by atoms with Gasteiger partial charge in [-0.15, -0.1) is 0 Å². The molecule has 0 N–H and O–H groups in total. The van der Waals surface area contributed by atoms with Crippen LogP contribution in [0.4, 0.5) is 13.2 Å². The van der Waals surface area contributed by atoms with E-state index in [2.05, 4.69) is 15.9 Å². The minimum Gasteiger partial charge on any atom is -0.215 e. The van der Waals surface area contributed by atoms with Gasteiger partial charge >= 0.3 is 0 Å². The maximum absolute atomic E-state index is 12.2. The summed E-state index contributed by atoms with van der Waals surface area (Å²) < 4.78 is 37.1. The largest absolute Gasteiger partial charge is 0.266 e. The Labute approximate surface area is 82.2 Å². The molecule has 0 spiro atoms. The molecule has 0 unspecified atom stereocenters. The van der Waals surface area contributed by atoms with Gasteiger partial charge in [-0.3, -0.25) is 0 Å². The SMILES string of the molecule is FC=C(c1ccc(Br)cc1)C(F)F. The summed E-state index contributed by atoms with van der Waals surface area (Å²) in [5, 5.41) is 0. The highest BCUT2D eigenvalue weighted by Gasteiger charge is 2.13. The Morgan fingerprint density at radius 3 is 2.15 bits per heavy atom. The Morgan fingerprint density at radius 2 is 1.77 bits per heavy atom. The first-order chi connectivity index (χ1) is 6.15. The van der Waals surface area contributed by atoms with Gasteiger partial charge in [0.25, 0.3) is 6.43 Å². The zero-order valence-electron chi connectivity index (χ0n) is 6.48. The minimum atomic E-state index is -2.79. The smallest absolute Gasteiger partial charge is 0.215 e. The second kappa shape index (κ2) is 4.46. The lowest BCUT2D eigenvalue weighted by Crippen LogP contribution is -1.95. The first kappa shape index (κ1) is 10.3. The molecule has 0 saturated heterocycles. The van der Waals surface area contributed by atoms with Gasteiger partial charge in [0.2, 0.25) is 0 Å². The summed E-state index contributed by atoms with van der Waals surface area (Å²) in [7, 11) is 0. The maximum Gasteiger partial charge on any atom is 0.266 e. The van der Waals surface area contributed by atoms with E-state index >= 15 is 0 Å². The fourth-order valence-corrected chi connectivity index (χ4v) is 1.14. The number of benzene rings is 1. The van der Waals surface area contributed by atoms with E-state index in [1.165, 1.54) is 12.1 Å². The molecular weight excluding hydrogens is 245 g/mol. The summed E-state index contributed by atoms with van der Waals surface area (Å²) in [6.45, 7) is 0. The lowest BCUT2D eigenvalue weighted by Gasteiger charge is -2.03. The summed E-state index contributed by atoms with van der Waals surface area (Å²) in [5.74, 6) is 0. The van der Waals surface area contributed by atoms with Crippen molar-refractivity contribution in [2.24, 2.45) is 0 Å². The van der Waals surface area contributed by atoms with Crippen molar-refractivity contribution in [1.82, 2.24) is 0 Å². The Balaban J connectivity index is 3.00. The zero-order valence-corrected chi connectivity index (χ0v) is 8.06. The predicted molar refractivity (Wildman–Crippen MR) is 49.2 cm³/mol. The van der Waals surface area contributed by atoms with E-state index in [-0.39, 0.29) is 11.9 Å². The third kappa shape index (κ3) is 2.59. The molecular formula is C9H6BrF3. The van der Waals surface area contributed by atoms with Crippen LogP contribution in [0.25, 0.3) is 5.57 Å². The van der Waals surface area contributed by atoms with Crippen molar-refractivity contribution >= 4 is 21.5 Å². The van der Waals surface area contributed by atoms with Gasteiger partial charge in [-0.25, -0.2) is 13.2 Å². The molecule has 1 rings (SSSR count). The van der Waals surface area contributed by atoms with Crippen LogP contribution in [0.5, 0.6) is 0 Å². The van der Waals surface area contributed by atoms with Crippen LogP contribution < -0.4 is 0 Å². The quantitative estimate of drug-likeness (QED) is 0.744. The number of hydrogen-bond acceptors (Lipinski definition) is 0. The van der Waals surface area contributed by atoms with Crippen LogP contribution in [0.3, 0.4) is 0 Å². The number of alkyl halides is 2. The first-order valence-corrected chi connectivity index (χ1v) is 4.29. The lowest BCUT2D eigenvalue weighted by molar-refractivity contribution is 0.214. The van der Waals surface area contributed by atoms with Crippen LogP contribution in [0, 0.1) is 0 Å². The molecule has 0 radical (unpaired) electrons. The van der Waals surface area contributed by atoms with Crippen LogP contribution in [0.1, 0.15) is 5.56 Å². The molecule has 1 aromatic rings. The Bertz CT molecular complexity index is 303. The average Bonchev–Trinajstić information content (AvgIpc) is 2.09. The normalized spacial score (nSPS) is 12.2. The summed E-state index contributed by atoms with van der Waals surface area (Å²) in [4.78, 5) is 0. The standard InChI is InChI=1S/C9H6BrF3/c10-7-3-1-6(2-4-7)8(5-11)9(12)13/h1-5,9H. The van der Waals surface area contributed by atoms with Crippen molar-refractivity contribution in [2.75, 3.05) is 0 Å². The van der Waals surface area contributed by atoms with Gasteiger partial charge in [0.1, 0.15) is 0 Å². The Morgan fingerprint density at radius 1 is 1.23 bits per heavy atom. The summed E-state index contributed by atoms with van der Waals surface area (Å²) in [6, 6.07) is 6.03. The molecule has 1 aromatic carbocycles. The Hall–Kier alpha value is -0.770. The summed E-state index contributed by atoms with van der Waals surface area (Å²) in [6.07, 6.45) is -2.85. The second-order valence-corrected chi connectivity index (χ2v) is 3.29. The van der Waals surface area contributed by atoms with Gasteiger partial charge in [0.15, 0.2) is 0 Å². The average molecular weight is 251 g/mol. The minimum absolute atomic E-state index is 0.0616. The number of allylic oxidation sites excluding steroid dienone is 1. The number of halogens is 4. The van der Waals surface area contributed by atoms with Gasteiger partial charge in [-0.05, 0) is 17.7 Å². The zero-order chi connectivity index (χ0) is 9.84. The topological polar surface area (TPSA) is 0 Å². The van der Waals surface area contributed by atoms with E-state index in [4.69, 9.17) is 0 Å². The summed E-state index contributed by atoms with van der Waals surface area (Å²) >= 11 is 3.15. The van der Waals surface area contributed by atoms with Crippen molar-refractivity contribution in [3.63, 3.8) is 0 Å². The van der Waals surface area contributed by atoms with E-state index in [0.29, 0.717) is 0 Å². The van der Waals surface area contributed by atoms with Crippen molar-refractivity contribution in [2.45, 2.75) is 6.43 Å². The van der Waals surface area contributed by atoms with Crippen LogP contribution in [-0.2, 0) is 0 Å². The number of rotatable bonds is 2. The monoisotopic (exact) mass is 250 g/mol. The molecule has 0 aromatic heterocycles. The van der Waals surface area contributed by atoms with Crippen LogP contribution in [-0.4, -0.2) is 6.43 Å². The molecule has 0 atom stereocenters. The van der Waals surface area contributed by atoms with E-state index in [0.717, 1.165) is 4.47 Å². The van der Waals surface area contributed by atoms with E-state index in [1.54, 1.807) is 12.1 Å². The Kier molecular flexibility index (Phi) is 3.54. The molecule has 0 aliphatic rings. The molecule has 0 saturated carbocycles. The summed E-state index contributed by atoms with van der Waals surface area (Å²) in [5.41, 5.74) is -0.395. The highest BCUT2D eigenvalue weighted by atomic mass is 79.9. The molecule has 0 bridgehead atoms. The molecule has 4 heteroatoms. The van der Waals surface area contributed by atoms with Crippen molar-refractivity contribution < 1.29 is 13.2 Å². The molecule has 0 fully saturated rings. The second-order valence-electron chi connectivity index (χ2n) is 2.37. The molecule has 0 aliphatic carbocycles. The van der Waals surface area contributed by atoms with E-state index in [1.807, 2.05) is 0 Å². The highest BCUT2D eigenvalue weighted by Crippen LogP contribution is 2.23. The third-order valence-corrected chi connectivity index (χ3v) is 2.06. The van der Waals surface area contributed by atoms with Gasteiger partial charge in [0, 0.05) is 4.47 Å². The molecule has 13 heavy (non-hydrogen) atoms. The lowest BCUT2D eigenvalue weighted by atomic mass is 10.1. The molecule has 0 amide bonds. The maximum atomic E-state index is 12.2. The molecule has 0 nitrogen and oxygen atoms in total. The molecule has 70 valence electrons. The van der Waals surface area contributed by atoms with Gasteiger partial charge in [0.05, 0.1) is 11.9 Å². The van der Waals surface area contributed by atoms with Crippen LogP contribution in [0.2, 0.25) is 0 Å². The fourth-order valence-electron chi connectivity index (χ4n) is 0.879. The third-order valence-electron chi connectivity index (χ3n) is 1.53. The van der Waals surface area contributed by atoms with Crippen LogP contribution in [0.15, 0.2) is 35.1 Å².